The molecule has 0 aliphatic carbocycles. The number of amides is 1. The summed E-state index contributed by atoms with van der Waals surface area (Å²) in [5.41, 5.74) is 2.08. The maximum Gasteiger partial charge on any atom is 0.338 e. The van der Waals surface area contributed by atoms with E-state index < -0.39 is 5.97 Å². The van der Waals surface area contributed by atoms with Gasteiger partial charge < -0.3 is 14.5 Å². The van der Waals surface area contributed by atoms with Crippen molar-refractivity contribution in [3.05, 3.63) is 72.2 Å². The third-order valence-electron chi connectivity index (χ3n) is 3.70. The van der Waals surface area contributed by atoms with Crippen LogP contribution in [0.3, 0.4) is 0 Å². The van der Waals surface area contributed by atoms with E-state index in [0.717, 1.165) is 5.56 Å². The average molecular weight is 364 g/mol. The molecule has 0 aliphatic heterocycles. The minimum absolute atomic E-state index is 0.197. The normalized spacial score (nSPS) is 10.3. The Hall–Kier alpha value is -3.74. The quantitative estimate of drug-likeness (QED) is 0.532. The number of carbonyl (C=O) groups is 3. The third kappa shape index (κ3) is 4.66. The van der Waals surface area contributed by atoms with Gasteiger partial charge in [-0.3, -0.25) is 9.59 Å². The van der Waals surface area contributed by atoms with Crippen LogP contribution < -0.4 is 5.32 Å². The van der Waals surface area contributed by atoms with Crippen LogP contribution >= 0.6 is 0 Å². The summed E-state index contributed by atoms with van der Waals surface area (Å²) in [6.07, 6.45) is 2.90. The Bertz CT molecular complexity index is 945. The Morgan fingerprint density at radius 1 is 1.00 bits per heavy atom. The third-order valence-corrected chi connectivity index (χ3v) is 3.70. The van der Waals surface area contributed by atoms with Crippen LogP contribution in [0.25, 0.3) is 11.3 Å². The minimum Gasteiger partial charge on any atom is -0.454 e. The molecule has 1 heterocycles. The second kappa shape index (κ2) is 8.09. The number of ketones is 1. The van der Waals surface area contributed by atoms with Gasteiger partial charge in [-0.15, -0.1) is 0 Å². The molecule has 1 N–H and O–H groups in total. The van der Waals surface area contributed by atoms with E-state index in [0.29, 0.717) is 22.6 Å². The van der Waals surface area contributed by atoms with E-state index in [-0.39, 0.29) is 18.3 Å². The maximum absolute atomic E-state index is 12.1. The molecule has 3 aromatic rings. The number of carbonyl (C=O) groups excluding carboxylic acids is 3. The first-order valence-corrected chi connectivity index (χ1v) is 8.10. The molecule has 0 spiro atoms. The predicted molar refractivity (Wildman–Crippen MR) is 97.3 cm³/mol. The summed E-state index contributed by atoms with van der Waals surface area (Å²) >= 11 is 0. The summed E-state index contributed by atoms with van der Waals surface area (Å²) < 4.78 is 10.3. The number of hydrogen-bond donors (Lipinski definition) is 1. The van der Waals surface area contributed by atoms with Crippen molar-refractivity contribution >= 4 is 23.3 Å². The number of anilines is 1. The van der Waals surface area contributed by atoms with Crippen molar-refractivity contribution in [3.63, 3.8) is 0 Å². The molecule has 1 aromatic heterocycles. The molecule has 0 atom stereocenters. The molecule has 27 heavy (non-hydrogen) atoms. The molecule has 0 saturated heterocycles. The standard InChI is InChI=1S/C20H16N2O5/c1-13(23)22-17-8-6-14(7-9-17)18(24)11-26-20(25)16-4-2-15(3-5-16)19-10-21-12-27-19/h2-10,12H,11H2,1H3,(H,22,23). The van der Waals surface area contributed by atoms with Crippen LogP contribution in [-0.4, -0.2) is 29.3 Å². The number of aromatic nitrogens is 1. The van der Waals surface area contributed by atoms with E-state index in [2.05, 4.69) is 10.3 Å². The summed E-state index contributed by atoms with van der Waals surface area (Å²) in [5, 5.41) is 2.61. The Balaban J connectivity index is 1.56. The van der Waals surface area contributed by atoms with Crippen LogP contribution in [0, 0.1) is 0 Å². The van der Waals surface area contributed by atoms with Crippen LogP contribution in [0.5, 0.6) is 0 Å². The van der Waals surface area contributed by atoms with Gasteiger partial charge in [-0.25, -0.2) is 9.78 Å². The lowest BCUT2D eigenvalue weighted by molar-refractivity contribution is -0.114. The fourth-order valence-corrected chi connectivity index (χ4v) is 2.37. The highest BCUT2D eigenvalue weighted by atomic mass is 16.5. The average Bonchev–Trinajstić information content (AvgIpc) is 3.21. The summed E-state index contributed by atoms with van der Waals surface area (Å²) in [7, 11) is 0. The lowest BCUT2D eigenvalue weighted by Crippen LogP contribution is -2.14. The minimum atomic E-state index is -0.595. The Morgan fingerprint density at radius 2 is 1.67 bits per heavy atom. The highest BCUT2D eigenvalue weighted by Gasteiger charge is 2.12. The van der Waals surface area contributed by atoms with Crippen molar-refractivity contribution < 1.29 is 23.5 Å². The van der Waals surface area contributed by atoms with E-state index in [1.54, 1.807) is 54.7 Å². The van der Waals surface area contributed by atoms with Crippen LogP contribution in [0.15, 0.2) is 65.5 Å². The van der Waals surface area contributed by atoms with E-state index >= 15 is 0 Å². The topological polar surface area (TPSA) is 98.5 Å². The second-order valence-electron chi connectivity index (χ2n) is 5.70. The number of nitrogens with one attached hydrogen (secondary N) is 1. The molecular weight excluding hydrogens is 348 g/mol. The fourth-order valence-electron chi connectivity index (χ4n) is 2.37. The van der Waals surface area contributed by atoms with Gasteiger partial charge in [-0.1, -0.05) is 12.1 Å². The number of oxazole rings is 1. The molecule has 7 heteroatoms. The maximum atomic E-state index is 12.1. The molecular formula is C20H16N2O5. The van der Waals surface area contributed by atoms with E-state index in [1.807, 2.05) is 0 Å². The van der Waals surface area contributed by atoms with Crippen molar-refractivity contribution in [1.29, 1.82) is 0 Å². The van der Waals surface area contributed by atoms with Crippen molar-refractivity contribution in [1.82, 2.24) is 4.98 Å². The lowest BCUT2D eigenvalue weighted by Gasteiger charge is -2.06. The van der Waals surface area contributed by atoms with Crippen molar-refractivity contribution in [2.45, 2.75) is 6.92 Å². The molecule has 0 aliphatic rings. The number of rotatable bonds is 6. The predicted octanol–water partition coefficient (Wildman–Crippen LogP) is 3.34. The van der Waals surface area contributed by atoms with E-state index in [4.69, 9.17) is 9.15 Å². The van der Waals surface area contributed by atoms with Crippen molar-refractivity contribution in [2.75, 3.05) is 11.9 Å². The van der Waals surface area contributed by atoms with Gasteiger partial charge in [0.15, 0.2) is 24.5 Å². The zero-order valence-corrected chi connectivity index (χ0v) is 14.5. The summed E-state index contributed by atoms with van der Waals surface area (Å²) in [6, 6.07) is 12.9. The molecule has 0 unspecified atom stereocenters. The molecule has 0 radical (unpaired) electrons. The van der Waals surface area contributed by atoms with Crippen molar-refractivity contribution in [2.24, 2.45) is 0 Å². The molecule has 136 valence electrons. The van der Waals surface area contributed by atoms with E-state index in [1.165, 1.54) is 13.3 Å². The number of Topliss-reactive ketones (excluding diaryl/α,β-unsaturated/α-hetero) is 1. The van der Waals surface area contributed by atoms with Gasteiger partial charge in [0, 0.05) is 23.7 Å². The van der Waals surface area contributed by atoms with Gasteiger partial charge in [0.05, 0.1) is 11.8 Å². The Kier molecular flexibility index (Phi) is 5.41. The first-order chi connectivity index (χ1) is 13.0. The first kappa shape index (κ1) is 18.1. The molecule has 0 fully saturated rings. The first-order valence-electron chi connectivity index (χ1n) is 8.10. The highest BCUT2D eigenvalue weighted by molar-refractivity contribution is 6.00. The second-order valence-corrected chi connectivity index (χ2v) is 5.70. The van der Waals surface area contributed by atoms with Crippen LogP contribution in [0.4, 0.5) is 5.69 Å². The SMILES string of the molecule is CC(=O)Nc1ccc(C(=O)COC(=O)c2ccc(-c3cnco3)cc2)cc1. The Morgan fingerprint density at radius 3 is 2.26 bits per heavy atom. The van der Waals surface area contributed by atoms with Gasteiger partial charge in [-0.2, -0.15) is 0 Å². The van der Waals surface area contributed by atoms with Gasteiger partial charge >= 0.3 is 5.97 Å². The molecule has 3 rings (SSSR count). The van der Waals surface area contributed by atoms with Crippen molar-refractivity contribution in [3.8, 4) is 11.3 Å². The number of nitrogens with zero attached hydrogens (tertiary/aromatic N) is 1. The molecule has 2 aromatic carbocycles. The summed E-state index contributed by atoms with van der Waals surface area (Å²) in [6.45, 7) is 1.03. The largest absolute Gasteiger partial charge is 0.454 e. The fraction of sp³-hybridized carbons (Fsp3) is 0.100. The Labute approximate surface area is 155 Å². The van der Waals surface area contributed by atoms with Crippen LogP contribution in [0.1, 0.15) is 27.6 Å². The van der Waals surface area contributed by atoms with Crippen LogP contribution in [-0.2, 0) is 9.53 Å². The number of esters is 1. The number of benzene rings is 2. The zero-order chi connectivity index (χ0) is 19.2. The summed E-state index contributed by atoms with van der Waals surface area (Å²) in [5.74, 6) is -0.538. The van der Waals surface area contributed by atoms with Gasteiger partial charge in [-0.05, 0) is 36.4 Å². The summed E-state index contributed by atoms with van der Waals surface area (Å²) in [4.78, 5) is 39.1. The molecule has 0 saturated carbocycles. The smallest absolute Gasteiger partial charge is 0.338 e. The molecule has 0 bridgehead atoms. The monoisotopic (exact) mass is 364 g/mol. The van der Waals surface area contributed by atoms with Crippen LogP contribution in [0.2, 0.25) is 0 Å². The highest BCUT2D eigenvalue weighted by Crippen LogP contribution is 2.19. The number of ether oxygens (including phenoxy) is 1. The number of hydrogen-bond acceptors (Lipinski definition) is 6. The molecule has 7 nitrogen and oxygen atoms in total. The van der Waals surface area contributed by atoms with Gasteiger partial charge in [0.25, 0.3) is 0 Å². The van der Waals surface area contributed by atoms with Gasteiger partial charge in [0.2, 0.25) is 5.91 Å². The zero-order valence-electron chi connectivity index (χ0n) is 14.5. The van der Waals surface area contributed by atoms with E-state index in [9.17, 15) is 14.4 Å². The van der Waals surface area contributed by atoms with Gasteiger partial charge in [0.1, 0.15) is 0 Å². The lowest BCUT2D eigenvalue weighted by atomic mass is 10.1. The molecule has 1 amide bonds.